The number of aryl methyl sites for hydroxylation is 1. The first kappa shape index (κ1) is 37.0. The van der Waals surface area contributed by atoms with Crippen LogP contribution >= 0.6 is 0 Å². The second-order valence-electron chi connectivity index (χ2n) is 12.0. The third-order valence-corrected chi connectivity index (χ3v) is 7.09. The molecule has 1 fully saturated rings. The van der Waals surface area contributed by atoms with E-state index in [1.54, 1.807) is 20.8 Å². The number of hydrogen-bond donors (Lipinski definition) is 3. The molecule has 0 radical (unpaired) electrons. The van der Waals surface area contributed by atoms with E-state index in [4.69, 9.17) is 14.0 Å². The number of aliphatic imine (C=N–C) groups is 1. The van der Waals surface area contributed by atoms with Crippen LogP contribution < -0.4 is 10.1 Å². The molecule has 49 heavy (non-hydrogen) atoms. The Morgan fingerprint density at radius 3 is 2.35 bits per heavy atom. The highest BCUT2D eigenvalue weighted by atomic mass is 19.4. The molecule has 4 rings (SSSR count). The Balaban J connectivity index is 1.46. The van der Waals surface area contributed by atoms with Gasteiger partial charge in [-0.2, -0.15) is 31.3 Å². The molecule has 3 N–H and O–H groups in total. The lowest BCUT2D eigenvalue weighted by Gasteiger charge is -2.27. The van der Waals surface area contributed by atoms with Gasteiger partial charge in [0.25, 0.3) is 5.89 Å². The lowest BCUT2D eigenvalue weighted by Crippen LogP contribution is -2.47. The molecule has 2 amide bonds. The molecule has 1 aliphatic heterocycles. The lowest BCUT2D eigenvalue weighted by molar-refractivity contribution is -0.139. The summed E-state index contributed by atoms with van der Waals surface area (Å²) in [4.78, 5) is 32.5. The normalized spacial score (nSPS) is 17.3. The standard InChI is InChI=1S/C31H33F6N5O7/c1-29(2,3)48-28(46)40-26(39-27(44)45)42-14-13-21(43)23(42)25-38-24(41-49-25)18-9-12-22(20(16-18)31(35,36)37)47-15-5-4-6-17-7-10-19(11-8-17)30(32,33)34/h7-12,16,21,23,43H,4-6,13-15H2,1-3H3,(H,44,45)(H,39,40,46)/t21-,23-/m0/s1. The number of halogens is 6. The Kier molecular flexibility index (Phi) is 11.1. The fourth-order valence-electron chi connectivity index (χ4n) is 4.92. The maximum absolute atomic E-state index is 14.0. The molecule has 18 heteroatoms. The smallest absolute Gasteiger partial charge is 0.434 e. The van der Waals surface area contributed by atoms with Crippen molar-refractivity contribution in [1.82, 2.24) is 20.4 Å². The van der Waals surface area contributed by atoms with Gasteiger partial charge in [0, 0.05) is 12.1 Å². The number of carbonyl (C=O) groups excluding carboxylic acids is 1. The van der Waals surface area contributed by atoms with Crippen LogP contribution in [0.4, 0.5) is 35.9 Å². The Morgan fingerprint density at radius 2 is 1.73 bits per heavy atom. The zero-order valence-electron chi connectivity index (χ0n) is 26.4. The number of guanidine groups is 1. The van der Waals surface area contributed by atoms with Crippen molar-refractivity contribution in [3.8, 4) is 17.1 Å². The van der Waals surface area contributed by atoms with Crippen LogP contribution in [0.25, 0.3) is 11.4 Å². The third kappa shape index (κ3) is 10.1. The second-order valence-corrected chi connectivity index (χ2v) is 12.0. The predicted molar refractivity (Wildman–Crippen MR) is 160 cm³/mol. The van der Waals surface area contributed by atoms with E-state index < -0.39 is 65.1 Å². The van der Waals surface area contributed by atoms with E-state index in [0.717, 1.165) is 24.3 Å². The SMILES string of the molecule is CC(C)(C)OC(=O)N/C(=N\C(=O)O)N1CC[C@H](O)[C@H]1c1nc(-c2ccc(OCCCCc3ccc(C(F)(F)F)cc3)c(C(F)(F)F)c2)no1. The number of carbonyl (C=O) groups is 2. The van der Waals surface area contributed by atoms with Crippen molar-refractivity contribution in [2.75, 3.05) is 13.2 Å². The number of amides is 2. The van der Waals surface area contributed by atoms with Crippen molar-refractivity contribution >= 4 is 18.1 Å². The molecular formula is C31H33F6N5O7. The molecule has 0 saturated carbocycles. The van der Waals surface area contributed by atoms with E-state index in [1.807, 2.05) is 0 Å². The highest BCUT2D eigenvalue weighted by Gasteiger charge is 2.42. The summed E-state index contributed by atoms with van der Waals surface area (Å²) in [7, 11) is 0. The van der Waals surface area contributed by atoms with E-state index in [-0.39, 0.29) is 36.9 Å². The molecule has 1 aromatic heterocycles. The molecule has 1 saturated heterocycles. The Morgan fingerprint density at radius 1 is 1.04 bits per heavy atom. The van der Waals surface area contributed by atoms with Crippen molar-refractivity contribution in [1.29, 1.82) is 0 Å². The van der Waals surface area contributed by atoms with Gasteiger partial charge in [-0.25, -0.2) is 9.59 Å². The Bertz CT molecular complexity index is 1650. The van der Waals surface area contributed by atoms with Gasteiger partial charge in [0.1, 0.15) is 17.4 Å². The number of alkyl halides is 6. The first-order chi connectivity index (χ1) is 22.8. The molecule has 12 nitrogen and oxygen atoms in total. The van der Waals surface area contributed by atoms with Gasteiger partial charge in [0.2, 0.25) is 11.8 Å². The average molecular weight is 702 g/mol. The molecule has 266 valence electrons. The highest BCUT2D eigenvalue weighted by molar-refractivity contribution is 5.98. The zero-order chi connectivity index (χ0) is 36.1. The Hall–Kier alpha value is -4.87. The minimum Gasteiger partial charge on any atom is -0.493 e. The summed E-state index contributed by atoms with van der Waals surface area (Å²) in [5.74, 6) is -1.52. The van der Waals surface area contributed by atoms with Gasteiger partial charge in [0.05, 0.1) is 23.8 Å². The van der Waals surface area contributed by atoms with Crippen molar-refractivity contribution < 1.29 is 60.1 Å². The molecule has 3 aromatic rings. The number of nitrogens with one attached hydrogen (secondary N) is 1. The minimum absolute atomic E-state index is 0.0138. The highest BCUT2D eigenvalue weighted by Crippen LogP contribution is 2.39. The maximum atomic E-state index is 14.0. The van der Waals surface area contributed by atoms with E-state index in [9.17, 15) is 46.1 Å². The summed E-state index contributed by atoms with van der Waals surface area (Å²) >= 11 is 0. The average Bonchev–Trinajstić information content (AvgIpc) is 3.61. The van der Waals surface area contributed by atoms with E-state index in [0.29, 0.717) is 24.8 Å². The number of unbranched alkanes of at least 4 members (excludes halogenated alkanes) is 1. The fraction of sp³-hybridized carbons (Fsp3) is 0.452. The molecule has 0 bridgehead atoms. The van der Waals surface area contributed by atoms with Gasteiger partial charge in [-0.15, -0.1) is 4.99 Å². The maximum Gasteiger partial charge on any atom is 0.434 e. The topological polar surface area (TPSA) is 160 Å². The quantitative estimate of drug-likeness (QED) is 0.0982. The number of ether oxygens (including phenoxy) is 2. The number of aliphatic hydroxyl groups is 1. The summed E-state index contributed by atoms with van der Waals surface area (Å²) in [5.41, 5.74) is -2.30. The van der Waals surface area contributed by atoms with Crippen LogP contribution in [0.5, 0.6) is 5.75 Å². The number of hydrogen-bond acceptors (Lipinski definition) is 8. The molecule has 2 heterocycles. The summed E-state index contributed by atoms with van der Waals surface area (Å²) < 4.78 is 96.2. The molecule has 0 spiro atoms. The number of benzene rings is 2. The second kappa shape index (κ2) is 14.7. The van der Waals surface area contributed by atoms with Crippen molar-refractivity contribution in [2.45, 2.75) is 76.6 Å². The van der Waals surface area contributed by atoms with Gasteiger partial charge < -0.3 is 29.1 Å². The van der Waals surface area contributed by atoms with Crippen LogP contribution in [0, 0.1) is 0 Å². The largest absolute Gasteiger partial charge is 0.493 e. The zero-order valence-corrected chi connectivity index (χ0v) is 26.4. The number of aliphatic hydroxyl groups excluding tert-OH is 1. The summed E-state index contributed by atoms with van der Waals surface area (Å²) in [6.07, 6.45) is -12.0. The number of aromatic nitrogens is 2. The third-order valence-electron chi connectivity index (χ3n) is 7.09. The van der Waals surface area contributed by atoms with Gasteiger partial charge in [-0.05, 0) is 82.3 Å². The fourth-order valence-corrected chi connectivity index (χ4v) is 4.92. The van der Waals surface area contributed by atoms with Crippen LogP contribution in [0.1, 0.15) is 68.7 Å². The predicted octanol–water partition coefficient (Wildman–Crippen LogP) is 6.84. The van der Waals surface area contributed by atoms with Gasteiger partial charge in [0.15, 0.2) is 0 Å². The number of likely N-dealkylation sites (tertiary alicyclic amines) is 1. The van der Waals surface area contributed by atoms with Gasteiger partial charge in [-0.3, -0.25) is 5.32 Å². The summed E-state index contributed by atoms with van der Waals surface area (Å²) in [6.45, 7) is 4.65. The monoisotopic (exact) mass is 701 g/mol. The van der Waals surface area contributed by atoms with Gasteiger partial charge >= 0.3 is 24.5 Å². The van der Waals surface area contributed by atoms with E-state index in [2.05, 4.69) is 20.4 Å². The first-order valence-electron chi connectivity index (χ1n) is 14.9. The molecule has 0 unspecified atom stereocenters. The molecule has 2 aromatic carbocycles. The number of rotatable bonds is 8. The van der Waals surface area contributed by atoms with E-state index in [1.165, 1.54) is 23.1 Å². The van der Waals surface area contributed by atoms with Crippen molar-refractivity contribution in [3.63, 3.8) is 0 Å². The Labute approximate surface area is 275 Å². The van der Waals surface area contributed by atoms with Crippen LogP contribution in [0.15, 0.2) is 52.0 Å². The number of carboxylic acid groups (broad SMARTS) is 1. The van der Waals surface area contributed by atoms with Crippen LogP contribution in [-0.2, 0) is 23.5 Å². The molecular weight excluding hydrogens is 668 g/mol. The number of alkyl carbamates (subject to hydrolysis) is 1. The summed E-state index contributed by atoms with van der Waals surface area (Å²) in [6, 6.07) is 6.53. The number of nitrogens with zero attached hydrogens (tertiary/aromatic N) is 4. The first-order valence-corrected chi connectivity index (χ1v) is 14.9. The molecule has 0 aliphatic carbocycles. The molecule has 2 atom stereocenters. The molecule has 1 aliphatic rings. The minimum atomic E-state index is -4.84. The van der Waals surface area contributed by atoms with Crippen molar-refractivity contribution in [2.24, 2.45) is 4.99 Å². The van der Waals surface area contributed by atoms with Crippen LogP contribution in [0.2, 0.25) is 0 Å². The van der Waals surface area contributed by atoms with Gasteiger partial charge in [-0.1, -0.05) is 17.3 Å². The lowest BCUT2D eigenvalue weighted by atomic mass is 10.1. The summed E-state index contributed by atoms with van der Waals surface area (Å²) in [5, 5.41) is 26.0. The van der Waals surface area contributed by atoms with Crippen molar-refractivity contribution in [3.05, 3.63) is 65.0 Å². The van der Waals surface area contributed by atoms with E-state index >= 15 is 0 Å². The van der Waals surface area contributed by atoms with Crippen LogP contribution in [-0.4, -0.2) is 68.3 Å². The van der Waals surface area contributed by atoms with Crippen LogP contribution in [0.3, 0.4) is 0 Å².